The SMILES string of the molecule is CCOC(=O)c1oc2cc(Cl)c(-c3cnn(C)c3)nc2c1N. The van der Waals surface area contributed by atoms with Crippen molar-refractivity contribution in [2.24, 2.45) is 7.05 Å². The van der Waals surface area contributed by atoms with Crippen LogP contribution in [0.1, 0.15) is 17.5 Å². The van der Waals surface area contributed by atoms with Crippen LogP contribution < -0.4 is 5.73 Å². The Labute approximate surface area is 130 Å². The number of nitrogen functional groups attached to an aromatic ring is 1. The lowest BCUT2D eigenvalue weighted by molar-refractivity contribution is 0.0494. The number of furan rings is 1. The third-order valence-electron chi connectivity index (χ3n) is 3.09. The first-order chi connectivity index (χ1) is 10.5. The summed E-state index contributed by atoms with van der Waals surface area (Å²) in [6.07, 6.45) is 3.42. The van der Waals surface area contributed by atoms with Gasteiger partial charge in [-0.15, -0.1) is 0 Å². The lowest BCUT2D eigenvalue weighted by Gasteiger charge is -2.00. The average Bonchev–Trinajstić information content (AvgIpc) is 3.03. The summed E-state index contributed by atoms with van der Waals surface area (Å²) in [6, 6.07) is 1.57. The number of carbonyl (C=O) groups excluding carboxylic acids is 1. The zero-order valence-electron chi connectivity index (χ0n) is 12.0. The van der Waals surface area contributed by atoms with Crippen LogP contribution in [0, 0.1) is 0 Å². The van der Waals surface area contributed by atoms with Crippen LogP contribution in [0.3, 0.4) is 0 Å². The Hall–Kier alpha value is -2.54. The molecule has 0 amide bonds. The minimum absolute atomic E-state index is 0.0660. The van der Waals surface area contributed by atoms with E-state index in [4.69, 9.17) is 26.5 Å². The second-order valence-electron chi connectivity index (χ2n) is 4.63. The monoisotopic (exact) mass is 320 g/mol. The Morgan fingerprint density at radius 3 is 2.95 bits per heavy atom. The molecule has 2 N–H and O–H groups in total. The number of esters is 1. The van der Waals surface area contributed by atoms with Crippen molar-refractivity contribution in [3.63, 3.8) is 0 Å². The summed E-state index contributed by atoms with van der Waals surface area (Å²) >= 11 is 6.23. The van der Waals surface area contributed by atoms with Gasteiger partial charge in [0.05, 0.1) is 23.5 Å². The van der Waals surface area contributed by atoms with E-state index in [0.717, 1.165) is 5.56 Å². The van der Waals surface area contributed by atoms with Crippen molar-refractivity contribution in [2.45, 2.75) is 6.92 Å². The van der Waals surface area contributed by atoms with E-state index < -0.39 is 5.97 Å². The third-order valence-corrected chi connectivity index (χ3v) is 3.38. The Balaban J connectivity index is 2.16. The molecule has 0 aliphatic heterocycles. The molecule has 0 saturated heterocycles. The summed E-state index contributed by atoms with van der Waals surface area (Å²) in [5, 5.41) is 4.46. The maximum absolute atomic E-state index is 11.8. The summed E-state index contributed by atoms with van der Waals surface area (Å²) in [5.74, 6) is -0.694. The Morgan fingerprint density at radius 1 is 1.55 bits per heavy atom. The van der Waals surface area contributed by atoms with E-state index in [1.807, 2.05) is 0 Å². The predicted molar refractivity (Wildman–Crippen MR) is 81.6 cm³/mol. The highest BCUT2D eigenvalue weighted by Gasteiger charge is 2.22. The largest absolute Gasteiger partial charge is 0.460 e. The van der Waals surface area contributed by atoms with E-state index in [0.29, 0.717) is 21.8 Å². The lowest BCUT2D eigenvalue weighted by atomic mass is 10.2. The molecule has 114 valence electrons. The number of aryl methyl sites for hydroxylation is 1. The van der Waals surface area contributed by atoms with Crippen LogP contribution in [0.4, 0.5) is 5.69 Å². The number of nitrogens with zero attached hydrogens (tertiary/aromatic N) is 3. The molecule has 0 aromatic carbocycles. The first-order valence-electron chi connectivity index (χ1n) is 6.56. The van der Waals surface area contributed by atoms with Gasteiger partial charge in [0.1, 0.15) is 11.2 Å². The van der Waals surface area contributed by atoms with Gasteiger partial charge in [0.25, 0.3) is 0 Å². The van der Waals surface area contributed by atoms with Gasteiger partial charge in [-0.3, -0.25) is 4.68 Å². The van der Waals surface area contributed by atoms with Crippen LogP contribution in [-0.4, -0.2) is 27.3 Å². The minimum Gasteiger partial charge on any atom is -0.460 e. The van der Waals surface area contributed by atoms with Gasteiger partial charge in [0.2, 0.25) is 5.76 Å². The van der Waals surface area contributed by atoms with Crippen molar-refractivity contribution in [1.29, 1.82) is 0 Å². The third kappa shape index (κ3) is 2.29. The molecule has 0 aliphatic rings. The highest BCUT2D eigenvalue weighted by atomic mass is 35.5. The molecule has 8 heteroatoms. The molecule has 0 bridgehead atoms. The molecule has 22 heavy (non-hydrogen) atoms. The maximum Gasteiger partial charge on any atom is 0.376 e. The molecule has 3 aromatic heterocycles. The van der Waals surface area contributed by atoms with Gasteiger partial charge in [-0.25, -0.2) is 9.78 Å². The molecule has 0 atom stereocenters. The van der Waals surface area contributed by atoms with Gasteiger partial charge in [-0.1, -0.05) is 11.6 Å². The fraction of sp³-hybridized carbons (Fsp3) is 0.214. The fourth-order valence-corrected chi connectivity index (χ4v) is 2.36. The zero-order chi connectivity index (χ0) is 15.9. The van der Waals surface area contributed by atoms with Crippen molar-refractivity contribution in [3.8, 4) is 11.3 Å². The number of ether oxygens (including phenoxy) is 1. The number of halogens is 1. The highest BCUT2D eigenvalue weighted by Crippen LogP contribution is 2.34. The van der Waals surface area contributed by atoms with Gasteiger partial charge < -0.3 is 14.9 Å². The van der Waals surface area contributed by atoms with Crippen LogP contribution in [-0.2, 0) is 11.8 Å². The molecule has 0 aliphatic carbocycles. The molecule has 3 heterocycles. The number of hydrogen-bond acceptors (Lipinski definition) is 6. The summed E-state index contributed by atoms with van der Waals surface area (Å²) in [7, 11) is 1.79. The maximum atomic E-state index is 11.8. The van der Waals surface area contributed by atoms with E-state index in [1.54, 1.807) is 37.1 Å². The van der Waals surface area contributed by atoms with Crippen molar-refractivity contribution in [1.82, 2.24) is 14.8 Å². The van der Waals surface area contributed by atoms with Crippen LogP contribution in [0.2, 0.25) is 5.02 Å². The van der Waals surface area contributed by atoms with Gasteiger partial charge >= 0.3 is 5.97 Å². The number of fused-ring (bicyclic) bond motifs is 1. The number of anilines is 1. The number of carbonyl (C=O) groups is 1. The van der Waals surface area contributed by atoms with Gasteiger partial charge in [0.15, 0.2) is 5.58 Å². The van der Waals surface area contributed by atoms with Crippen molar-refractivity contribution < 1.29 is 13.9 Å². The smallest absolute Gasteiger partial charge is 0.376 e. The normalized spacial score (nSPS) is 11.0. The lowest BCUT2D eigenvalue weighted by Crippen LogP contribution is -2.05. The second kappa shape index (κ2) is 5.34. The molecule has 0 radical (unpaired) electrons. The molecule has 3 aromatic rings. The average molecular weight is 321 g/mol. The first-order valence-corrected chi connectivity index (χ1v) is 6.93. The topological polar surface area (TPSA) is 96.2 Å². The van der Waals surface area contributed by atoms with Crippen molar-refractivity contribution >= 4 is 34.4 Å². The van der Waals surface area contributed by atoms with Crippen molar-refractivity contribution in [2.75, 3.05) is 12.3 Å². The molecule has 0 unspecified atom stereocenters. The first kappa shape index (κ1) is 14.4. The Kier molecular flexibility index (Phi) is 3.50. The van der Waals surface area contributed by atoms with Crippen LogP contribution in [0.25, 0.3) is 22.4 Å². The van der Waals surface area contributed by atoms with Gasteiger partial charge in [0, 0.05) is 24.9 Å². The van der Waals surface area contributed by atoms with E-state index >= 15 is 0 Å². The predicted octanol–water partition coefficient (Wildman–Crippen LogP) is 2.64. The molecule has 0 fully saturated rings. The van der Waals surface area contributed by atoms with Crippen LogP contribution in [0.15, 0.2) is 22.9 Å². The van der Waals surface area contributed by atoms with Crippen LogP contribution in [0.5, 0.6) is 0 Å². The highest BCUT2D eigenvalue weighted by molar-refractivity contribution is 6.33. The number of hydrogen-bond donors (Lipinski definition) is 1. The Bertz CT molecular complexity index is 868. The number of rotatable bonds is 3. The fourth-order valence-electron chi connectivity index (χ4n) is 2.11. The molecule has 7 nitrogen and oxygen atoms in total. The van der Waals surface area contributed by atoms with E-state index in [9.17, 15) is 4.79 Å². The quantitative estimate of drug-likeness (QED) is 0.745. The second-order valence-corrected chi connectivity index (χ2v) is 5.04. The zero-order valence-corrected chi connectivity index (χ0v) is 12.7. The summed E-state index contributed by atoms with van der Waals surface area (Å²) in [5.41, 5.74) is 8.05. The summed E-state index contributed by atoms with van der Waals surface area (Å²) in [4.78, 5) is 16.2. The standard InChI is InChI=1S/C14H13ClN4O3/c1-3-21-14(20)13-10(16)12-9(22-13)4-8(15)11(18-12)7-5-17-19(2)6-7/h4-6H,3,16H2,1-2H3. The molecule has 0 spiro atoms. The summed E-state index contributed by atoms with van der Waals surface area (Å²) in [6.45, 7) is 1.93. The van der Waals surface area contributed by atoms with Gasteiger partial charge in [-0.05, 0) is 6.92 Å². The van der Waals surface area contributed by atoms with Crippen LogP contribution >= 0.6 is 11.6 Å². The van der Waals surface area contributed by atoms with Gasteiger partial charge in [-0.2, -0.15) is 5.10 Å². The molecule has 3 rings (SSSR count). The van der Waals surface area contributed by atoms with E-state index in [1.165, 1.54) is 0 Å². The molecular formula is C14H13ClN4O3. The number of aromatic nitrogens is 3. The van der Waals surface area contributed by atoms with Crippen molar-refractivity contribution in [3.05, 3.63) is 29.2 Å². The summed E-state index contributed by atoms with van der Waals surface area (Å²) < 4.78 is 12.0. The van der Waals surface area contributed by atoms with E-state index in [-0.39, 0.29) is 18.1 Å². The minimum atomic E-state index is -0.628. The van der Waals surface area contributed by atoms with E-state index in [2.05, 4.69) is 10.1 Å². The number of pyridine rings is 1. The molecule has 0 saturated carbocycles. The molecular weight excluding hydrogens is 308 g/mol. The number of nitrogens with two attached hydrogens (primary N) is 1. The Morgan fingerprint density at radius 2 is 2.32 bits per heavy atom.